The van der Waals surface area contributed by atoms with Crippen molar-refractivity contribution in [3.63, 3.8) is 0 Å². The molecule has 20 heavy (non-hydrogen) atoms. The van der Waals surface area contributed by atoms with Crippen LogP contribution in [0.1, 0.15) is 12.8 Å². The van der Waals surface area contributed by atoms with E-state index in [-0.39, 0.29) is 13.2 Å². The van der Waals surface area contributed by atoms with Gasteiger partial charge in [-0.25, -0.2) is 0 Å². The van der Waals surface area contributed by atoms with Crippen LogP contribution in [0, 0.1) is 0 Å². The van der Waals surface area contributed by atoms with Crippen LogP contribution in [0.3, 0.4) is 0 Å². The van der Waals surface area contributed by atoms with Gasteiger partial charge in [-0.15, -0.1) is 0 Å². The van der Waals surface area contributed by atoms with Crippen LogP contribution < -0.4 is 0 Å². The van der Waals surface area contributed by atoms with E-state index in [0.717, 1.165) is 26.1 Å². The van der Waals surface area contributed by atoms with Crippen molar-refractivity contribution >= 4 is 5.97 Å². The van der Waals surface area contributed by atoms with Crippen molar-refractivity contribution in [2.45, 2.75) is 19.0 Å². The first-order valence-electron chi connectivity index (χ1n) is 6.68. The molecule has 1 N–H and O–H groups in total. The van der Waals surface area contributed by atoms with Gasteiger partial charge in [-0.2, -0.15) is 13.2 Å². The van der Waals surface area contributed by atoms with E-state index in [1.165, 1.54) is 0 Å². The van der Waals surface area contributed by atoms with E-state index < -0.39 is 18.8 Å². The number of aliphatic carboxylic acids is 1. The molecule has 0 aromatic rings. The first kappa shape index (κ1) is 17.2. The fraction of sp³-hybridized carbons (Fsp3) is 0.917. The molecule has 0 saturated carbocycles. The summed E-state index contributed by atoms with van der Waals surface area (Å²) >= 11 is 0. The van der Waals surface area contributed by atoms with Gasteiger partial charge in [0.05, 0.1) is 6.54 Å². The molecule has 1 fully saturated rings. The zero-order chi connectivity index (χ0) is 15.0. The van der Waals surface area contributed by atoms with E-state index in [1.807, 2.05) is 4.90 Å². The molecular formula is C12H21F3N2O3. The molecule has 0 spiro atoms. The molecule has 1 rings (SSSR count). The summed E-state index contributed by atoms with van der Waals surface area (Å²) in [4.78, 5) is 14.6. The van der Waals surface area contributed by atoms with Crippen LogP contribution in [0.2, 0.25) is 0 Å². The third kappa shape index (κ3) is 8.34. The predicted octanol–water partition coefficient (Wildman–Crippen LogP) is 1.05. The Morgan fingerprint density at radius 2 is 1.80 bits per heavy atom. The van der Waals surface area contributed by atoms with Crippen LogP contribution in [0.5, 0.6) is 0 Å². The molecule has 5 nitrogen and oxygen atoms in total. The van der Waals surface area contributed by atoms with Crippen LogP contribution in [0.25, 0.3) is 0 Å². The second-order valence-electron chi connectivity index (χ2n) is 4.89. The molecule has 0 aromatic heterocycles. The van der Waals surface area contributed by atoms with E-state index in [4.69, 9.17) is 5.11 Å². The summed E-state index contributed by atoms with van der Waals surface area (Å²) < 4.78 is 40.1. The van der Waals surface area contributed by atoms with Crippen molar-refractivity contribution in [2.24, 2.45) is 0 Å². The Morgan fingerprint density at radius 1 is 1.15 bits per heavy atom. The lowest BCUT2D eigenvalue weighted by molar-refractivity contribution is -0.174. The minimum Gasteiger partial charge on any atom is -0.480 e. The summed E-state index contributed by atoms with van der Waals surface area (Å²) in [5.74, 6) is -0.834. The summed E-state index contributed by atoms with van der Waals surface area (Å²) in [6.07, 6.45) is -2.84. The summed E-state index contributed by atoms with van der Waals surface area (Å²) in [6, 6.07) is 0. The molecule has 8 heteroatoms. The van der Waals surface area contributed by atoms with Gasteiger partial charge >= 0.3 is 12.1 Å². The highest BCUT2D eigenvalue weighted by Crippen LogP contribution is 2.14. The fourth-order valence-electron chi connectivity index (χ4n) is 2.18. The second-order valence-corrected chi connectivity index (χ2v) is 4.89. The number of ether oxygens (including phenoxy) is 1. The topological polar surface area (TPSA) is 53.0 Å². The van der Waals surface area contributed by atoms with Gasteiger partial charge in [-0.05, 0) is 19.4 Å². The van der Waals surface area contributed by atoms with E-state index in [1.54, 1.807) is 0 Å². The molecule has 0 bridgehead atoms. The maximum Gasteiger partial charge on any atom is 0.411 e. The first-order chi connectivity index (χ1) is 9.37. The van der Waals surface area contributed by atoms with Gasteiger partial charge in [0, 0.05) is 32.8 Å². The van der Waals surface area contributed by atoms with Crippen LogP contribution in [0.15, 0.2) is 0 Å². The van der Waals surface area contributed by atoms with E-state index >= 15 is 0 Å². The van der Waals surface area contributed by atoms with E-state index in [2.05, 4.69) is 9.64 Å². The molecule has 118 valence electrons. The second kappa shape index (κ2) is 8.43. The Balaban J connectivity index is 2.11. The molecule has 1 aliphatic rings. The number of halogens is 3. The van der Waals surface area contributed by atoms with Gasteiger partial charge in [0.25, 0.3) is 0 Å². The van der Waals surface area contributed by atoms with Crippen molar-refractivity contribution in [1.82, 2.24) is 9.80 Å². The Bertz CT molecular complexity index is 300. The van der Waals surface area contributed by atoms with E-state index in [9.17, 15) is 18.0 Å². The average Bonchev–Trinajstić information content (AvgIpc) is 2.52. The normalized spacial score (nSPS) is 18.9. The number of rotatable bonds is 7. The number of carboxylic acids is 1. The smallest absolute Gasteiger partial charge is 0.411 e. The maximum absolute atomic E-state index is 11.8. The van der Waals surface area contributed by atoms with Crippen molar-refractivity contribution < 1.29 is 27.8 Å². The largest absolute Gasteiger partial charge is 0.480 e. The summed E-state index contributed by atoms with van der Waals surface area (Å²) in [5.41, 5.74) is 0. The molecule has 0 atom stereocenters. The monoisotopic (exact) mass is 298 g/mol. The van der Waals surface area contributed by atoms with Gasteiger partial charge < -0.3 is 14.7 Å². The first-order valence-corrected chi connectivity index (χ1v) is 6.68. The zero-order valence-corrected chi connectivity index (χ0v) is 11.4. The molecular weight excluding hydrogens is 277 g/mol. The van der Waals surface area contributed by atoms with Crippen molar-refractivity contribution in [2.75, 3.05) is 52.5 Å². The molecule has 1 aliphatic heterocycles. The van der Waals surface area contributed by atoms with Crippen LogP contribution in [0.4, 0.5) is 13.2 Å². The Morgan fingerprint density at radius 3 is 2.45 bits per heavy atom. The lowest BCUT2D eigenvalue weighted by Crippen LogP contribution is -2.34. The SMILES string of the molecule is O=C(O)CN1CCCN(CCCOCC(F)(F)F)CC1. The quantitative estimate of drug-likeness (QED) is 0.712. The lowest BCUT2D eigenvalue weighted by Gasteiger charge is -2.20. The Kier molecular flexibility index (Phi) is 7.25. The molecule has 0 unspecified atom stereocenters. The number of carboxylic acid groups (broad SMARTS) is 1. The van der Waals surface area contributed by atoms with Crippen molar-refractivity contribution in [3.05, 3.63) is 0 Å². The molecule has 0 radical (unpaired) electrons. The molecule has 0 aliphatic carbocycles. The van der Waals surface area contributed by atoms with Crippen LogP contribution in [-0.4, -0.2) is 79.5 Å². The number of hydrogen-bond donors (Lipinski definition) is 1. The number of alkyl halides is 3. The van der Waals surface area contributed by atoms with Crippen molar-refractivity contribution in [1.29, 1.82) is 0 Å². The minimum atomic E-state index is -4.26. The third-order valence-corrected chi connectivity index (χ3v) is 3.07. The standard InChI is InChI=1S/C12H21F3N2O3/c13-12(14,15)10-20-8-2-5-16-3-1-4-17(7-6-16)9-11(18)19/h1-10H2,(H,18,19). The Labute approximate surface area is 116 Å². The highest BCUT2D eigenvalue weighted by molar-refractivity contribution is 5.69. The third-order valence-electron chi connectivity index (χ3n) is 3.07. The minimum absolute atomic E-state index is 0.0442. The molecule has 1 heterocycles. The van der Waals surface area contributed by atoms with Crippen LogP contribution in [-0.2, 0) is 9.53 Å². The highest BCUT2D eigenvalue weighted by Gasteiger charge is 2.27. The summed E-state index contributed by atoms with van der Waals surface area (Å²) in [7, 11) is 0. The lowest BCUT2D eigenvalue weighted by atomic mass is 10.3. The fourth-order valence-corrected chi connectivity index (χ4v) is 2.18. The number of hydrogen-bond acceptors (Lipinski definition) is 4. The zero-order valence-electron chi connectivity index (χ0n) is 11.4. The Hall–Kier alpha value is -0.860. The number of carbonyl (C=O) groups is 1. The average molecular weight is 298 g/mol. The van der Waals surface area contributed by atoms with Crippen molar-refractivity contribution in [3.8, 4) is 0 Å². The van der Waals surface area contributed by atoms with Gasteiger partial charge in [0.15, 0.2) is 0 Å². The predicted molar refractivity (Wildman–Crippen MR) is 66.6 cm³/mol. The number of nitrogens with zero attached hydrogens (tertiary/aromatic N) is 2. The highest BCUT2D eigenvalue weighted by atomic mass is 19.4. The van der Waals surface area contributed by atoms with Gasteiger partial charge in [0.2, 0.25) is 0 Å². The van der Waals surface area contributed by atoms with E-state index in [0.29, 0.717) is 19.5 Å². The van der Waals surface area contributed by atoms with Gasteiger partial charge in [-0.1, -0.05) is 0 Å². The summed E-state index contributed by atoms with van der Waals surface area (Å²) in [5, 5.41) is 8.73. The maximum atomic E-state index is 11.8. The molecule has 1 saturated heterocycles. The molecule has 0 aromatic carbocycles. The van der Waals surface area contributed by atoms with Gasteiger partial charge in [0.1, 0.15) is 6.61 Å². The van der Waals surface area contributed by atoms with Crippen LogP contribution >= 0.6 is 0 Å². The summed E-state index contributed by atoms with van der Waals surface area (Å²) in [6.45, 7) is 2.63. The molecule has 0 amide bonds. The van der Waals surface area contributed by atoms with Gasteiger partial charge in [-0.3, -0.25) is 9.69 Å².